The number of carbonyl (C=O) groups is 4. The van der Waals surface area contributed by atoms with Crippen LogP contribution < -0.4 is 0 Å². The van der Waals surface area contributed by atoms with Crippen LogP contribution in [0.2, 0.25) is 0 Å². The summed E-state index contributed by atoms with van der Waals surface area (Å²) in [4.78, 5) is 46.1. The predicted octanol–water partition coefficient (Wildman–Crippen LogP) is 2.51. The van der Waals surface area contributed by atoms with Crippen molar-refractivity contribution in [2.45, 2.75) is 40.7 Å². The van der Waals surface area contributed by atoms with Crippen LogP contribution >= 0.6 is 0 Å². The summed E-state index contributed by atoms with van der Waals surface area (Å²) in [6.07, 6.45) is 1.16. The summed E-state index contributed by atoms with van der Waals surface area (Å²) in [6.45, 7) is 13.8. The van der Waals surface area contributed by atoms with Crippen LogP contribution in [0.15, 0.2) is 48.0 Å². The van der Waals surface area contributed by atoms with Crippen LogP contribution in [-0.2, 0) is 38.1 Å². The topological polar surface area (TPSA) is 105 Å². The molecule has 8 heteroatoms. The lowest BCUT2D eigenvalue weighted by molar-refractivity contribution is -0.153. The Morgan fingerprint density at radius 1 is 0.778 bits per heavy atom. The fourth-order valence-corrected chi connectivity index (χ4v) is 1.20. The zero-order chi connectivity index (χ0) is 21.1. The first-order valence-corrected chi connectivity index (χ1v) is 7.90. The van der Waals surface area contributed by atoms with Gasteiger partial charge in [0.25, 0.3) is 0 Å². The Bertz CT molecular complexity index is 696. The minimum absolute atomic E-state index is 0.0468. The van der Waals surface area contributed by atoms with Crippen molar-refractivity contribution in [3.05, 3.63) is 48.0 Å². The Kier molecular flexibility index (Phi) is 10.1. The highest BCUT2D eigenvalue weighted by Crippen LogP contribution is 2.05. The third-order valence-corrected chi connectivity index (χ3v) is 2.78. The van der Waals surface area contributed by atoms with Crippen molar-refractivity contribution in [3.8, 4) is 0 Å². The first-order valence-electron chi connectivity index (χ1n) is 7.90. The Hall–Kier alpha value is -3.16. The number of carbonyl (C=O) groups excluding carboxylic acids is 4. The molecule has 0 aliphatic heterocycles. The lowest BCUT2D eigenvalue weighted by Gasteiger charge is -2.14. The van der Waals surface area contributed by atoms with Crippen LogP contribution in [-0.4, -0.2) is 36.6 Å². The van der Waals surface area contributed by atoms with Gasteiger partial charge >= 0.3 is 23.9 Å². The molecule has 0 heterocycles. The van der Waals surface area contributed by atoms with Gasteiger partial charge in [-0.2, -0.15) is 0 Å². The van der Waals surface area contributed by atoms with E-state index in [9.17, 15) is 19.2 Å². The highest BCUT2D eigenvalue weighted by Gasteiger charge is 2.16. The van der Waals surface area contributed by atoms with Crippen molar-refractivity contribution in [1.29, 1.82) is 0 Å². The van der Waals surface area contributed by atoms with Crippen LogP contribution in [0.3, 0.4) is 0 Å². The SMILES string of the molecule is C=C(C)C(=O)OC=C(C)C(=O)OCC(C)OC(=O)C(C)=COC(=O)C(=C)C. The van der Waals surface area contributed by atoms with Crippen molar-refractivity contribution < 1.29 is 38.1 Å². The molecule has 0 aliphatic carbocycles. The Labute approximate surface area is 158 Å². The quantitative estimate of drug-likeness (QED) is 0.260. The monoisotopic (exact) mass is 380 g/mol. The number of hydrogen-bond donors (Lipinski definition) is 0. The standard InChI is InChI=1S/C19H24O8/c1-11(2)16(20)24-8-13(5)18(22)26-10-15(7)27-19(23)14(6)9-25-17(21)12(3)4/h8-9,15H,1,3,10H2,2,4-7H3. The smallest absolute Gasteiger partial charge is 0.337 e. The van der Waals surface area contributed by atoms with Gasteiger partial charge in [0, 0.05) is 11.1 Å². The van der Waals surface area contributed by atoms with Crippen molar-refractivity contribution in [2.24, 2.45) is 0 Å². The molecule has 0 aromatic heterocycles. The molecule has 1 atom stereocenters. The van der Waals surface area contributed by atoms with Gasteiger partial charge in [0.2, 0.25) is 0 Å². The van der Waals surface area contributed by atoms with Crippen molar-refractivity contribution >= 4 is 23.9 Å². The predicted molar refractivity (Wildman–Crippen MR) is 95.8 cm³/mol. The Morgan fingerprint density at radius 3 is 1.59 bits per heavy atom. The largest absolute Gasteiger partial charge is 0.458 e. The summed E-state index contributed by atoms with van der Waals surface area (Å²) in [7, 11) is 0. The molecule has 0 aromatic rings. The second-order valence-electron chi connectivity index (χ2n) is 5.79. The molecular formula is C19H24O8. The Balaban J connectivity index is 4.47. The molecule has 8 nitrogen and oxygen atoms in total. The molecule has 0 aliphatic rings. The molecule has 0 aromatic carbocycles. The lowest BCUT2D eigenvalue weighted by atomic mass is 10.3. The van der Waals surface area contributed by atoms with Gasteiger partial charge in [-0.1, -0.05) is 13.2 Å². The number of esters is 4. The van der Waals surface area contributed by atoms with Gasteiger partial charge in [-0.15, -0.1) is 0 Å². The van der Waals surface area contributed by atoms with Crippen LogP contribution in [0, 0.1) is 0 Å². The van der Waals surface area contributed by atoms with Crippen LogP contribution in [0.5, 0.6) is 0 Å². The molecule has 0 saturated carbocycles. The van der Waals surface area contributed by atoms with E-state index >= 15 is 0 Å². The van der Waals surface area contributed by atoms with Crippen LogP contribution in [0.25, 0.3) is 0 Å². The fraction of sp³-hybridized carbons (Fsp3) is 0.368. The maximum atomic E-state index is 11.8. The van der Waals surface area contributed by atoms with Crippen molar-refractivity contribution in [2.75, 3.05) is 6.61 Å². The van der Waals surface area contributed by atoms with E-state index in [2.05, 4.69) is 13.2 Å². The molecule has 0 N–H and O–H groups in total. The van der Waals surface area contributed by atoms with Gasteiger partial charge in [0.1, 0.15) is 25.2 Å². The molecule has 0 fully saturated rings. The van der Waals surface area contributed by atoms with Gasteiger partial charge in [-0.05, 0) is 34.6 Å². The zero-order valence-electron chi connectivity index (χ0n) is 16.1. The molecule has 0 bridgehead atoms. The van der Waals surface area contributed by atoms with Gasteiger partial charge in [0.05, 0.1) is 11.1 Å². The minimum atomic E-state index is -0.757. The molecule has 27 heavy (non-hydrogen) atoms. The molecule has 148 valence electrons. The summed E-state index contributed by atoms with van der Waals surface area (Å²) < 4.78 is 19.4. The van der Waals surface area contributed by atoms with E-state index in [4.69, 9.17) is 18.9 Å². The van der Waals surface area contributed by atoms with E-state index < -0.39 is 30.0 Å². The molecule has 0 saturated heterocycles. The fourth-order valence-electron chi connectivity index (χ4n) is 1.20. The summed E-state index contributed by atoms with van der Waals surface area (Å²) in [6, 6.07) is 0. The molecular weight excluding hydrogens is 356 g/mol. The van der Waals surface area contributed by atoms with E-state index in [1.165, 1.54) is 34.6 Å². The van der Waals surface area contributed by atoms with Gasteiger partial charge in [0.15, 0.2) is 0 Å². The Morgan fingerprint density at radius 2 is 1.19 bits per heavy atom. The molecule has 0 spiro atoms. The van der Waals surface area contributed by atoms with Gasteiger partial charge < -0.3 is 18.9 Å². The van der Waals surface area contributed by atoms with Crippen molar-refractivity contribution in [1.82, 2.24) is 0 Å². The summed E-state index contributed by atoms with van der Waals surface area (Å²) in [5.41, 5.74) is 0.465. The minimum Gasteiger partial charge on any atom is -0.458 e. The number of rotatable bonds is 9. The second kappa shape index (κ2) is 11.5. The first kappa shape index (κ1) is 23.8. The van der Waals surface area contributed by atoms with Crippen LogP contribution in [0.1, 0.15) is 34.6 Å². The summed E-state index contributed by atoms with van der Waals surface area (Å²) >= 11 is 0. The lowest BCUT2D eigenvalue weighted by Crippen LogP contribution is -2.23. The maximum Gasteiger partial charge on any atom is 0.337 e. The highest BCUT2D eigenvalue weighted by molar-refractivity contribution is 5.91. The van der Waals surface area contributed by atoms with E-state index in [0.717, 1.165) is 12.5 Å². The van der Waals surface area contributed by atoms with Crippen LogP contribution in [0.4, 0.5) is 0 Å². The van der Waals surface area contributed by atoms with E-state index in [0.29, 0.717) is 0 Å². The third-order valence-electron chi connectivity index (χ3n) is 2.78. The van der Waals surface area contributed by atoms with Gasteiger partial charge in [-0.25, -0.2) is 19.2 Å². The molecule has 0 rings (SSSR count). The first-order chi connectivity index (χ1) is 12.5. The van der Waals surface area contributed by atoms with E-state index in [1.54, 1.807) is 0 Å². The third kappa shape index (κ3) is 9.78. The zero-order valence-corrected chi connectivity index (χ0v) is 16.1. The molecule has 1 unspecified atom stereocenters. The highest BCUT2D eigenvalue weighted by atomic mass is 16.6. The summed E-state index contributed by atoms with van der Waals surface area (Å²) in [5.74, 6) is -2.82. The average molecular weight is 380 g/mol. The second-order valence-corrected chi connectivity index (χ2v) is 5.79. The normalized spacial score (nSPS) is 12.5. The average Bonchev–Trinajstić information content (AvgIpc) is 2.60. The maximum absolute atomic E-state index is 11.8. The van der Waals surface area contributed by atoms with E-state index in [-0.39, 0.29) is 28.9 Å². The summed E-state index contributed by atoms with van der Waals surface area (Å²) in [5, 5.41) is 0. The molecule has 0 radical (unpaired) electrons. The van der Waals surface area contributed by atoms with Gasteiger partial charge in [-0.3, -0.25) is 0 Å². The van der Waals surface area contributed by atoms with E-state index in [1.807, 2.05) is 0 Å². The van der Waals surface area contributed by atoms with Crippen molar-refractivity contribution in [3.63, 3.8) is 0 Å². The number of hydrogen-bond acceptors (Lipinski definition) is 8. The number of ether oxygens (including phenoxy) is 4. The molecule has 0 amide bonds.